The lowest BCUT2D eigenvalue weighted by Gasteiger charge is -2.11. The molecule has 89 valence electrons. The summed E-state index contributed by atoms with van der Waals surface area (Å²) in [6.07, 6.45) is 0. The van der Waals surface area contributed by atoms with Crippen LogP contribution in [0.25, 0.3) is 0 Å². The van der Waals surface area contributed by atoms with Crippen molar-refractivity contribution in [1.29, 1.82) is 0 Å². The van der Waals surface area contributed by atoms with E-state index in [2.05, 4.69) is 6.07 Å². The Morgan fingerprint density at radius 1 is 0.875 bits per heavy atom. The first-order valence-electron chi connectivity index (χ1n) is 3.69. The van der Waals surface area contributed by atoms with E-state index in [0.717, 1.165) is 18.2 Å². The van der Waals surface area contributed by atoms with Crippen molar-refractivity contribution in [3.63, 3.8) is 0 Å². The zero-order chi connectivity index (χ0) is 12.4. The second kappa shape index (κ2) is 4.79. The molecule has 0 atom stereocenters. The van der Waals surface area contributed by atoms with Gasteiger partial charge >= 0.3 is 11.0 Å². The van der Waals surface area contributed by atoms with E-state index in [4.69, 9.17) is 0 Å². The number of hydrogen-bond acceptors (Lipinski definition) is 2. The fourth-order valence-corrected chi connectivity index (χ4v) is 2.15. The SMILES string of the molecule is FC(F)(F)Sc1c[c]ccc1SC(F)(F)F. The maximum absolute atomic E-state index is 12.0. The molecule has 0 aliphatic rings. The zero-order valence-corrected chi connectivity index (χ0v) is 8.95. The molecule has 0 saturated carbocycles. The molecule has 0 aliphatic heterocycles. The Balaban J connectivity index is 2.92. The first-order chi connectivity index (χ1) is 7.17. The van der Waals surface area contributed by atoms with Gasteiger partial charge < -0.3 is 0 Å². The summed E-state index contributed by atoms with van der Waals surface area (Å²) in [6, 6.07) is 5.27. The van der Waals surface area contributed by atoms with Crippen molar-refractivity contribution in [3.05, 3.63) is 24.3 Å². The summed E-state index contributed by atoms with van der Waals surface area (Å²) in [5.41, 5.74) is -9.22. The van der Waals surface area contributed by atoms with Crippen LogP contribution in [0, 0.1) is 6.07 Å². The largest absolute Gasteiger partial charge is 0.446 e. The number of thioether (sulfide) groups is 2. The summed E-state index contributed by atoms with van der Waals surface area (Å²) in [6.45, 7) is 0. The first kappa shape index (κ1) is 13.6. The van der Waals surface area contributed by atoms with Gasteiger partial charge in [0, 0.05) is 9.79 Å². The van der Waals surface area contributed by atoms with Gasteiger partial charge in [-0.25, -0.2) is 0 Å². The van der Waals surface area contributed by atoms with Gasteiger partial charge in [-0.2, -0.15) is 26.3 Å². The predicted molar refractivity (Wildman–Crippen MR) is 49.1 cm³/mol. The van der Waals surface area contributed by atoms with Crippen molar-refractivity contribution in [3.8, 4) is 0 Å². The number of hydrogen-bond donors (Lipinski definition) is 0. The highest BCUT2D eigenvalue weighted by Crippen LogP contribution is 2.45. The molecule has 1 radical (unpaired) electrons. The van der Waals surface area contributed by atoms with Crippen LogP contribution in [0.5, 0.6) is 0 Å². The van der Waals surface area contributed by atoms with Gasteiger partial charge in [-0.1, -0.05) is 6.07 Å². The maximum Gasteiger partial charge on any atom is 0.446 e. The van der Waals surface area contributed by atoms with Crippen LogP contribution >= 0.6 is 23.5 Å². The third-order valence-corrected chi connectivity index (χ3v) is 2.97. The highest BCUT2D eigenvalue weighted by Gasteiger charge is 2.34. The van der Waals surface area contributed by atoms with Gasteiger partial charge in [-0.05, 0) is 41.7 Å². The van der Waals surface area contributed by atoms with E-state index in [-0.39, 0.29) is 0 Å². The standard InChI is InChI=1S/C8H3F6S2/c9-7(10,11)15-5-3-1-2-4-6(5)16-8(12,13)14/h1,3-4H. The van der Waals surface area contributed by atoms with Crippen LogP contribution in [0.15, 0.2) is 28.0 Å². The molecule has 8 heteroatoms. The average molecular weight is 277 g/mol. The van der Waals surface area contributed by atoms with E-state index in [0.29, 0.717) is 0 Å². The molecule has 0 aliphatic carbocycles. The first-order valence-corrected chi connectivity index (χ1v) is 5.32. The van der Waals surface area contributed by atoms with Crippen LogP contribution in [0.3, 0.4) is 0 Å². The summed E-state index contributed by atoms with van der Waals surface area (Å²) in [5.74, 6) is 0. The Labute approximate surface area is 95.4 Å². The topological polar surface area (TPSA) is 0 Å². The van der Waals surface area contributed by atoms with E-state index in [1.165, 1.54) is 0 Å². The molecule has 0 spiro atoms. The van der Waals surface area contributed by atoms with Crippen LogP contribution in [-0.4, -0.2) is 11.0 Å². The molecule has 0 N–H and O–H groups in total. The zero-order valence-electron chi connectivity index (χ0n) is 7.32. The van der Waals surface area contributed by atoms with Crippen LogP contribution in [0.2, 0.25) is 0 Å². The van der Waals surface area contributed by atoms with Gasteiger partial charge in [0.25, 0.3) is 0 Å². The molecule has 1 rings (SSSR count). The third-order valence-electron chi connectivity index (χ3n) is 1.24. The van der Waals surface area contributed by atoms with E-state index >= 15 is 0 Å². The van der Waals surface area contributed by atoms with Crippen LogP contribution in [-0.2, 0) is 0 Å². The van der Waals surface area contributed by atoms with Crippen molar-refractivity contribution < 1.29 is 26.3 Å². The highest BCUT2D eigenvalue weighted by molar-refractivity contribution is 8.03. The molecular weight excluding hydrogens is 274 g/mol. The van der Waals surface area contributed by atoms with Gasteiger partial charge in [0.2, 0.25) is 0 Å². The molecule has 0 saturated heterocycles. The summed E-state index contributed by atoms with van der Waals surface area (Å²) in [4.78, 5) is -0.981. The molecule has 0 bridgehead atoms. The van der Waals surface area contributed by atoms with Crippen molar-refractivity contribution in [2.75, 3.05) is 0 Å². The summed E-state index contributed by atoms with van der Waals surface area (Å²) >= 11 is -1.16. The Hall–Kier alpha value is -0.500. The fourth-order valence-electron chi connectivity index (χ4n) is 0.814. The number of benzene rings is 1. The Morgan fingerprint density at radius 2 is 1.38 bits per heavy atom. The van der Waals surface area contributed by atoms with Crippen molar-refractivity contribution >= 4 is 23.5 Å². The van der Waals surface area contributed by atoms with E-state index in [1.807, 2.05) is 0 Å². The second-order valence-electron chi connectivity index (χ2n) is 2.47. The minimum absolute atomic E-state index is 0.478. The fraction of sp³-hybridized carbons (Fsp3) is 0.250. The van der Waals surface area contributed by atoms with Gasteiger partial charge in [-0.15, -0.1) is 0 Å². The molecular formula is C8H3F6S2. The van der Waals surface area contributed by atoms with Crippen LogP contribution < -0.4 is 0 Å². The Morgan fingerprint density at radius 3 is 1.88 bits per heavy atom. The highest BCUT2D eigenvalue weighted by atomic mass is 32.2. The van der Waals surface area contributed by atoms with Crippen LogP contribution in [0.4, 0.5) is 26.3 Å². The Kier molecular flexibility index (Phi) is 4.06. The molecule has 0 aromatic heterocycles. The van der Waals surface area contributed by atoms with E-state index in [1.54, 1.807) is 0 Å². The van der Waals surface area contributed by atoms with Crippen molar-refractivity contribution in [2.24, 2.45) is 0 Å². The number of halogens is 6. The Bertz CT molecular complexity index is 321. The van der Waals surface area contributed by atoms with Gasteiger partial charge in [0.1, 0.15) is 0 Å². The lowest BCUT2D eigenvalue weighted by molar-refractivity contribution is -0.0346. The predicted octanol–water partition coefficient (Wildman–Crippen LogP) is 4.71. The lowest BCUT2D eigenvalue weighted by atomic mass is 10.4. The molecule has 0 heterocycles. The van der Waals surface area contributed by atoms with E-state index in [9.17, 15) is 26.3 Å². The molecule has 16 heavy (non-hydrogen) atoms. The van der Waals surface area contributed by atoms with Crippen LogP contribution in [0.1, 0.15) is 0 Å². The maximum atomic E-state index is 12.0. The van der Waals surface area contributed by atoms with E-state index < -0.39 is 44.3 Å². The number of rotatable bonds is 2. The minimum Gasteiger partial charge on any atom is -0.160 e. The second-order valence-corrected chi connectivity index (χ2v) is 4.68. The van der Waals surface area contributed by atoms with Gasteiger partial charge in [0.05, 0.1) is 0 Å². The molecule has 1 aromatic carbocycles. The third kappa shape index (κ3) is 5.02. The van der Waals surface area contributed by atoms with Crippen molar-refractivity contribution in [1.82, 2.24) is 0 Å². The average Bonchev–Trinajstić information content (AvgIpc) is 2.03. The van der Waals surface area contributed by atoms with Crippen molar-refractivity contribution in [2.45, 2.75) is 20.8 Å². The lowest BCUT2D eigenvalue weighted by Crippen LogP contribution is -2.03. The summed E-state index contributed by atoms with van der Waals surface area (Å²) in [7, 11) is 0. The normalized spacial score (nSPS) is 12.9. The molecule has 1 aromatic rings. The summed E-state index contributed by atoms with van der Waals surface area (Å²) < 4.78 is 72.1. The summed E-state index contributed by atoms with van der Waals surface area (Å²) in [5, 5.41) is 0. The number of alkyl halides is 6. The molecule has 0 nitrogen and oxygen atoms in total. The molecule has 0 amide bonds. The minimum atomic E-state index is -4.61. The molecule has 0 unspecified atom stereocenters. The van der Waals surface area contributed by atoms with Gasteiger partial charge in [0.15, 0.2) is 0 Å². The molecule has 0 fully saturated rings. The quantitative estimate of drug-likeness (QED) is 0.567. The van der Waals surface area contributed by atoms with Gasteiger partial charge in [-0.3, -0.25) is 0 Å². The smallest absolute Gasteiger partial charge is 0.160 e. The monoisotopic (exact) mass is 277 g/mol.